The van der Waals surface area contributed by atoms with Crippen LogP contribution in [0.25, 0.3) is 0 Å². The van der Waals surface area contributed by atoms with Gasteiger partial charge in [0.1, 0.15) is 11.6 Å². The second kappa shape index (κ2) is 5.46. The molecule has 0 unspecified atom stereocenters. The Morgan fingerprint density at radius 3 is 2.78 bits per heavy atom. The lowest BCUT2D eigenvalue weighted by molar-refractivity contribution is 0.453. The summed E-state index contributed by atoms with van der Waals surface area (Å²) in [6.45, 7) is 2.21. The summed E-state index contributed by atoms with van der Waals surface area (Å²) in [6.07, 6.45) is 0. The summed E-state index contributed by atoms with van der Waals surface area (Å²) in [6, 6.07) is 8.17. The highest BCUT2D eigenvalue weighted by atomic mass is 79.9. The smallest absolute Gasteiger partial charge is 0.223 e. The van der Waals surface area contributed by atoms with Gasteiger partial charge in [0.25, 0.3) is 0 Å². The number of benzene rings is 1. The highest BCUT2D eigenvalue weighted by Crippen LogP contribution is 2.27. The summed E-state index contributed by atoms with van der Waals surface area (Å²) in [4.78, 5) is 4.28. The van der Waals surface area contributed by atoms with Crippen molar-refractivity contribution in [3.05, 3.63) is 51.9 Å². The Kier molecular flexibility index (Phi) is 3.93. The first-order valence-corrected chi connectivity index (χ1v) is 6.19. The lowest BCUT2D eigenvalue weighted by atomic mass is 10.2. The average molecular weight is 311 g/mol. The Labute approximate surface area is 113 Å². The summed E-state index contributed by atoms with van der Waals surface area (Å²) in [5.74, 6) is 0.630. The molecular weight excluding hydrogens is 299 g/mol. The number of aromatic nitrogens is 1. The summed E-state index contributed by atoms with van der Waals surface area (Å²) < 4.78 is 19.1. The van der Waals surface area contributed by atoms with E-state index in [1.807, 2.05) is 19.1 Å². The van der Waals surface area contributed by atoms with E-state index in [1.165, 1.54) is 6.07 Å². The van der Waals surface area contributed by atoms with Crippen LogP contribution in [0.1, 0.15) is 11.3 Å². The minimum atomic E-state index is -0.335. The first-order valence-electron chi connectivity index (χ1n) is 5.39. The van der Waals surface area contributed by atoms with Crippen molar-refractivity contribution in [3.8, 4) is 11.6 Å². The molecule has 0 atom stereocenters. The number of aryl methyl sites for hydroxylation is 1. The summed E-state index contributed by atoms with van der Waals surface area (Å²) >= 11 is 3.11. The predicted octanol–water partition coefficient (Wildman–Crippen LogP) is 3.54. The molecule has 0 bridgehead atoms. The fourth-order valence-electron chi connectivity index (χ4n) is 1.46. The molecule has 0 radical (unpaired) electrons. The molecule has 2 N–H and O–H groups in total. The molecule has 1 aromatic carbocycles. The van der Waals surface area contributed by atoms with Gasteiger partial charge >= 0.3 is 0 Å². The minimum absolute atomic E-state index is 0.335. The molecule has 0 aliphatic carbocycles. The monoisotopic (exact) mass is 310 g/mol. The van der Waals surface area contributed by atoms with Gasteiger partial charge in [0, 0.05) is 17.8 Å². The predicted molar refractivity (Wildman–Crippen MR) is 71.0 cm³/mol. The lowest BCUT2D eigenvalue weighted by Gasteiger charge is -2.10. The molecule has 1 aromatic heterocycles. The Morgan fingerprint density at radius 2 is 2.11 bits per heavy atom. The normalized spacial score (nSPS) is 10.4. The van der Waals surface area contributed by atoms with Gasteiger partial charge in [-0.1, -0.05) is 6.07 Å². The zero-order valence-corrected chi connectivity index (χ0v) is 11.4. The van der Waals surface area contributed by atoms with Crippen molar-refractivity contribution in [2.24, 2.45) is 5.73 Å². The first-order chi connectivity index (χ1) is 8.60. The molecule has 5 heteroatoms. The third-order valence-electron chi connectivity index (χ3n) is 2.40. The number of nitrogens with zero attached hydrogens (tertiary/aromatic N) is 1. The van der Waals surface area contributed by atoms with Crippen LogP contribution in [-0.2, 0) is 6.54 Å². The Morgan fingerprint density at radius 1 is 1.33 bits per heavy atom. The van der Waals surface area contributed by atoms with Crippen molar-refractivity contribution in [1.82, 2.24) is 4.98 Å². The molecule has 0 spiro atoms. The van der Waals surface area contributed by atoms with Crippen LogP contribution in [0.15, 0.2) is 34.8 Å². The van der Waals surface area contributed by atoms with E-state index in [-0.39, 0.29) is 5.82 Å². The minimum Gasteiger partial charge on any atom is -0.439 e. The molecule has 0 aliphatic rings. The van der Waals surface area contributed by atoms with E-state index in [9.17, 15) is 4.39 Å². The van der Waals surface area contributed by atoms with Gasteiger partial charge in [-0.25, -0.2) is 9.37 Å². The second-order valence-corrected chi connectivity index (χ2v) is 4.65. The molecule has 0 aliphatic heterocycles. The van der Waals surface area contributed by atoms with Crippen molar-refractivity contribution in [3.63, 3.8) is 0 Å². The van der Waals surface area contributed by atoms with E-state index in [4.69, 9.17) is 10.5 Å². The fraction of sp³-hybridized carbons (Fsp3) is 0.154. The molecule has 3 nitrogen and oxygen atoms in total. The van der Waals surface area contributed by atoms with Crippen LogP contribution in [0.2, 0.25) is 0 Å². The van der Waals surface area contributed by atoms with Crippen molar-refractivity contribution in [2.75, 3.05) is 0 Å². The van der Waals surface area contributed by atoms with E-state index < -0.39 is 0 Å². The molecule has 0 saturated carbocycles. The molecule has 0 saturated heterocycles. The molecule has 0 fully saturated rings. The van der Waals surface area contributed by atoms with E-state index in [0.29, 0.717) is 22.6 Å². The first kappa shape index (κ1) is 13.0. The van der Waals surface area contributed by atoms with Crippen molar-refractivity contribution in [2.45, 2.75) is 13.5 Å². The van der Waals surface area contributed by atoms with Gasteiger partial charge in [-0.05, 0) is 47.1 Å². The van der Waals surface area contributed by atoms with Crippen LogP contribution in [0, 0.1) is 12.7 Å². The lowest BCUT2D eigenvalue weighted by Crippen LogP contribution is -2.02. The maximum absolute atomic E-state index is 13.1. The number of hydrogen-bond donors (Lipinski definition) is 1. The second-order valence-electron chi connectivity index (χ2n) is 3.80. The van der Waals surface area contributed by atoms with Gasteiger partial charge < -0.3 is 10.5 Å². The van der Waals surface area contributed by atoms with Gasteiger partial charge in [-0.15, -0.1) is 0 Å². The molecule has 1 heterocycles. The van der Waals surface area contributed by atoms with Crippen LogP contribution in [0.4, 0.5) is 4.39 Å². The van der Waals surface area contributed by atoms with Crippen LogP contribution in [0.5, 0.6) is 11.6 Å². The van der Waals surface area contributed by atoms with Crippen LogP contribution >= 0.6 is 15.9 Å². The maximum Gasteiger partial charge on any atom is 0.223 e. The van der Waals surface area contributed by atoms with Gasteiger partial charge in [0.15, 0.2) is 0 Å². The molecule has 2 rings (SSSR count). The topological polar surface area (TPSA) is 48.1 Å². The van der Waals surface area contributed by atoms with Crippen LogP contribution in [0.3, 0.4) is 0 Å². The van der Waals surface area contributed by atoms with Crippen LogP contribution in [-0.4, -0.2) is 4.98 Å². The molecule has 18 heavy (non-hydrogen) atoms. The van der Waals surface area contributed by atoms with E-state index in [2.05, 4.69) is 20.9 Å². The highest BCUT2D eigenvalue weighted by molar-refractivity contribution is 9.10. The maximum atomic E-state index is 13.1. The number of rotatable bonds is 3. The molecule has 94 valence electrons. The summed E-state index contributed by atoms with van der Waals surface area (Å²) in [7, 11) is 0. The number of hydrogen-bond acceptors (Lipinski definition) is 3. The molecular formula is C13H12BrFN2O. The van der Waals surface area contributed by atoms with Gasteiger partial charge in [0.2, 0.25) is 5.88 Å². The van der Waals surface area contributed by atoms with Crippen LogP contribution < -0.4 is 10.5 Å². The SMILES string of the molecule is Cc1ccc(CN)c(Oc2ccc(F)c(Br)c2)n1. The number of nitrogens with two attached hydrogens (primary N) is 1. The quantitative estimate of drug-likeness (QED) is 0.943. The Balaban J connectivity index is 2.33. The standard InChI is InChI=1S/C13H12BrFN2O/c1-8-2-3-9(7-16)13(17-8)18-10-4-5-12(15)11(14)6-10/h2-6H,7,16H2,1H3. The average Bonchev–Trinajstić information content (AvgIpc) is 2.34. The number of ether oxygens (including phenoxy) is 1. The Bertz CT molecular complexity index is 575. The van der Waals surface area contributed by atoms with Crippen molar-refractivity contribution in [1.29, 1.82) is 0 Å². The zero-order valence-electron chi connectivity index (χ0n) is 9.78. The van der Waals surface area contributed by atoms with Gasteiger partial charge in [-0.2, -0.15) is 0 Å². The van der Waals surface area contributed by atoms with E-state index in [0.717, 1.165) is 11.3 Å². The van der Waals surface area contributed by atoms with Gasteiger partial charge in [0.05, 0.1) is 4.47 Å². The summed E-state index contributed by atoms with van der Waals surface area (Å²) in [5.41, 5.74) is 7.26. The van der Waals surface area contributed by atoms with E-state index in [1.54, 1.807) is 12.1 Å². The van der Waals surface area contributed by atoms with Crippen molar-refractivity contribution >= 4 is 15.9 Å². The highest BCUT2D eigenvalue weighted by Gasteiger charge is 2.07. The van der Waals surface area contributed by atoms with Gasteiger partial charge in [-0.3, -0.25) is 0 Å². The number of halogens is 2. The Hall–Kier alpha value is -1.46. The zero-order chi connectivity index (χ0) is 13.1. The summed E-state index contributed by atoms with van der Waals surface area (Å²) in [5, 5.41) is 0. The van der Waals surface area contributed by atoms with E-state index >= 15 is 0 Å². The number of pyridine rings is 1. The largest absolute Gasteiger partial charge is 0.439 e. The molecule has 0 amide bonds. The molecule has 2 aromatic rings. The van der Waals surface area contributed by atoms with Crippen molar-refractivity contribution < 1.29 is 9.13 Å². The third-order valence-corrected chi connectivity index (χ3v) is 3.01. The fourth-order valence-corrected chi connectivity index (χ4v) is 1.82. The third kappa shape index (κ3) is 2.86.